The second-order valence-corrected chi connectivity index (χ2v) is 7.01. The van der Waals surface area contributed by atoms with Crippen LogP contribution in [0.2, 0.25) is 0 Å². The third-order valence-corrected chi connectivity index (χ3v) is 3.42. The van der Waals surface area contributed by atoms with E-state index in [0.717, 1.165) is 16.7 Å². The van der Waals surface area contributed by atoms with Crippen molar-refractivity contribution < 1.29 is 24.1 Å². The number of ether oxygens (including phenoxy) is 1. The van der Waals surface area contributed by atoms with E-state index in [1.165, 1.54) is 34.4 Å². The Hall–Kier alpha value is -0.462. The summed E-state index contributed by atoms with van der Waals surface area (Å²) in [6.45, 7) is 8.70. The van der Waals surface area contributed by atoms with Gasteiger partial charge in [0.05, 0.1) is 0 Å². The molecule has 1 rings (SSSR count). The molecule has 1 aromatic carbocycles. The number of rotatable bonds is 6. The Balaban J connectivity index is 2.63. The fraction of sp³-hybridized carbons (Fsp3) is 0.267. The molecule has 0 N–H and O–H groups in total. The van der Waals surface area contributed by atoms with Crippen LogP contribution in [0.25, 0.3) is 0 Å². The zero-order valence-corrected chi connectivity index (χ0v) is 15.2. The van der Waals surface area contributed by atoms with Crippen LogP contribution in [0, 0.1) is 6.92 Å². The van der Waals surface area contributed by atoms with Crippen LogP contribution in [0.15, 0.2) is 42.5 Å². The van der Waals surface area contributed by atoms with Gasteiger partial charge in [-0.1, -0.05) is 0 Å². The van der Waals surface area contributed by atoms with Crippen molar-refractivity contribution >= 4 is 19.8 Å². The first-order valence-corrected chi connectivity index (χ1v) is 8.26. The average molecular weight is 477 g/mol. The molecule has 0 radical (unpaired) electrons. The zero-order valence-electron chi connectivity index (χ0n) is 10.7. The van der Waals surface area contributed by atoms with Gasteiger partial charge in [0.2, 0.25) is 0 Å². The first kappa shape index (κ1) is 15.6. The second kappa shape index (κ2) is 7.86. The van der Waals surface area contributed by atoms with Crippen molar-refractivity contribution in [3.8, 4) is 5.75 Å². The maximum atomic E-state index is 5.79. The Morgan fingerprint density at radius 3 is 2.78 bits per heavy atom. The predicted molar refractivity (Wildman–Crippen MR) is 78.3 cm³/mol. The molecule has 0 aliphatic rings. The molecule has 1 nitrogen and oxygen atoms in total. The number of halogens is 1. The molecule has 0 amide bonds. The van der Waals surface area contributed by atoms with E-state index in [2.05, 4.69) is 54.6 Å². The minimum atomic E-state index is 0.530. The Labute approximate surface area is 128 Å². The van der Waals surface area contributed by atoms with Crippen molar-refractivity contribution in [2.45, 2.75) is 19.2 Å². The number of benzene rings is 1. The molecule has 0 aromatic heterocycles. The molecular weight excluding hydrogens is 460 g/mol. The molecule has 0 aliphatic carbocycles. The number of aryl methyl sites for hydroxylation is 1. The molecule has 96 valence electrons. The van der Waals surface area contributed by atoms with Crippen molar-refractivity contribution in [3.63, 3.8) is 0 Å². The molecule has 0 saturated heterocycles. The normalized spacial score (nSPS) is 10.6. The molecular formula is C15H17BrOW. The quantitative estimate of drug-likeness (QED) is 0.443. The SMILES string of the molecule is C=C(/C=C\[C](C)=[W])COc1ccc(C)cc1CBr. The van der Waals surface area contributed by atoms with E-state index >= 15 is 0 Å². The van der Waals surface area contributed by atoms with Gasteiger partial charge in [-0.3, -0.25) is 0 Å². The predicted octanol–water partition coefficient (Wildman–Crippen LogP) is 4.12. The molecule has 0 heterocycles. The first-order chi connectivity index (χ1) is 8.52. The van der Waals surface area contributed by atoms with Crippen molar-refractivity contribution in [2.24, 2.45) is 0 Å². The van der Waals surface area contributed by atoms with Crippen molar-refractivity contribution in [3.05, 3.63) is 53.6 Å². The summed E-state index contributed by atoms with van der Waals surface area (Å²) in [6.07, 6.45) is 4.10. The zero-order chi connectivity index (χ0) is 13.5. The molecule has 0 atom stereocenters. The van der Waals surface area contributed by atoms with Gasteiger partial charge < -0.3 is 0 Å². The summed E-state index contributed by atoms with van der Waals surface area (Å²) in [5.74, 6) is 0.926. The monoisotopic (exact) mass is 476 g/mol. The van der Waals surface area contributed by atoms with Crippen molar-refractivity contribution in [1.29, 1.82) is 0 Å². The van der Waals surface area contributed by atoms with Crippen LogP contribution in [-0.2, 0) is 24.7 Å². The van der Waals surface area contributed by atoms with E-state index in [1.54, 1.807) is 0 Å². The summed E-state index contributed by atoms with van der Waals surface area (Å²) in [5.41, 5.74) is 3.40. The van der Waals surface area contributed by atoms with Crippen LogP contribution in [0.5, 0.6) is 5.75 Å². The van der Waals surface area contributed by atoms with Crippen LogP contribution in [0.3, 0.4) is 0 Å². The molecule has 0 bridgehead atoms. The van der Waals surface area contributed by atoms with E-state index in [0.29, 0.717) is 6.61 Å². The summed E-state index contributed by atoms with van der Waals surface area (Å²) in [4.78, 5) is 0. The third kappa shape index (κ3) is 5.45. The van der Waals surface area contributed by atoms with Crippen LogP contribution in [-0.4, -0.2) is 10.5 Å². The average Bonchev–Trinajstić information content (AvgIpc) is 2.34. The molecule has 3 heteroatoms. The van der Waals surface area contributed by atoms with Gasteiger partial charge in [-0.05, 0) is 0 Å². The standard InChI is InChI=1S/C15H17BrO.W/c1-4-5-6-13(3)11-17-15-8-7-12(2)9-14(15)10-16;/h5-9H,3,10-11H2,1-2H3;/b6-5-;. The Morgan fingerprint density at radius 2 is 2.17 bits per heavy atom. The Morgan fingerprint density at radius 1 is 1.44 bits per heavy atom. The molecule has 0 aliphatic heterocycles. The number of hydrogen-bond donors (Lipinski definition) is 0. The van der Waals surface area contributed by atoms with Crippen molar-refractivity contribution in [2.75, 3.05) is 6.61 Å². The van der Waals surface area contributed by atoms with Crippen LogP contribution >= 0.6 is 15.9 Å². The van der Waals surface area contributed by atoms with E-state index in [9.17, 15) is 0 Å². The summed E-state index contributed by atoms with van der Waals surface area (Å²) in [7, 11) is 0. The Bertz CT molecular complexity index is 477. The number of allylic oxidation sites excluding steroid dienone is 1. The topological polar surface area (TPSA) is 9.23 Å². The van der Waals surface area contributed by atoms with Gasteiger partial charge in [0, 0.05) is 0 Å². The number of hydrogen-bond acceptors (Lipinski definition) is 1. The molecule has 18 heavy (non-hydrogen) atoms. The van der Waals surface area contributed by atoms with E-state index in [4.69, 9.17) is 4.74 Å². The minimum absolute atomic E-state index is 0.530. The van der Waals surface area contributed by atoms with Gasteiger partial charge in [0.1, 0.15) is 0 Å². The van der Waals surface area contributed by atoms with Gasteiger partial charge >= 0.3 is 129 Å². The van der Waals surface area contributed by atoms with Crippen LogP contribution in [0.1, 0.15) is 18.1 Å². The molecule has 0 fully saturated rings. The van der Waals surface area contributed by atoms with Gasteiger partial charge in [-0.2, -0.15) is 0 Å². The van der Waals surface area contributed by atoms with E-state index in [-0.39, 0.29) is 0 Å². The fourth-order valence-corrected chi connectivity index (χ4v) is 2.09. The Kier molecular flexibility index (Phi) is 6.81. The second-order valence-electron chi connectivity index (χ2n) is 4.14. The fourth-order valence-electron chi connectivity index (χ4n) is 1.41. The molecule has 0 unspecified atom stereocenters. The van der Waals surface area contributed by atoms with Gasteiger partial charge in [0.25, 0.3) is 0 Å². The van der Waals surface area contributed by atoms with Gasteiger partial charge in [-0.25, -0.2) is 0 Å². The molecule has 0 saturated carbocycles. The van der Waals surface area contributed by atoms with Gasteiger partial charge in [0.15, 0.2) is 0 Å². The summed E-state index contributed by atoms with van der Waals surface area (Å²) >= 11 is 4.96. The molecule has 0 spiro atoms. The van der Waals surface area contributed by atoms with E-state index in [1.807, 2.05) is 12.1 Å². The van der Waals surface area contributed by atoms with Crippen molar-refractivity contribution in [1.82, 2.24) is 0 Å². The number of alkyl halides is 1. The maximum absolute atomic E-state index is 5.79. The van der Waals surface area contributed by atoms with Crippen LogP contribution < -0.4 is 4.74 Å². The summed E-state index contributed by atoms with van der Waals surface area (Å²) in [5, 5.41) is 0.803. The van der Waals surface area contributed by atoms with Gasteiger partial charge in [-0.15, -0.1) is 0 Å². The third-order valence-electron chi connectivity index (χ3n) is 2.33. The van der Waals surface area contributed by atoms with Crippen LogP contribution in [0.4, 0.5) is 0 Å². The first-order valence-electron chi connectivity index (χ1n) is 5.67. The summed E-state index contributed by atoms with van der Waals surface area (Å²) in [6, 6.07) is 6.22. The molecule has 1 aromatic rings. The van der Waals surface area contributed by atoms with E-state index < -0.39 is 0 Å². The summed E-state index contributed by atoms with van der Waals surface area (Å²) < 4.78 is 7.13.